The highest BCUT2D eigenvalue weighted by Crippen LogP contribution is 2.29. The summed E-state index contributed by atoms with van der Waals surface area (Å²) in [7, 11) is 1.61. The van der Waals surface area contributed by atoms with Crippen LogP contribution in [-0.2, 0) is 13.0 Å². The Bertz CT molecular complexity index is 614. The summed E-state index contributed by atoms with van der Waals surface area (Å²) in [6.45, 7) is 2.83. The van der Waals surface area contributed by atoms with Gasteiger partial charge in [-0.2, -0.15) is 0 Å². The molecule has 2 aromatic carbocycles. The maximum atomic E-state index is 13.1. The second-order valence-electron chi connectivity index (χ2n) is 4.88. The molecule has 0 atom stereocenters. The Kier molecular flexibility index (Phi) is 5.17. The zero-order valence-corrected chi connectivity index (χ0v) is 12.4. The summed E-state index contributed by atoms with van der Waals surface area (Å²) >= 11 is 0. The molecule has 0 aliphatic rings. The topological polar surface area (TPSA) is 44.5 Å². The minimum atomic E-state index is -0.236. The van der Waals surface area contributed by atoms with Crippen LogP contribution in [0.2, 0.25) is 0 Å². The van der Waals surface area contributed by atoms with Gasteiger partial charge in [-0.15, -0.1) is 0 Å². The third-order valence-electron chi connectivity index (χ3n) is 3.35. The normalized spacial score (nSPS) is 10.5. The van der Waals surface area contributed by atoms with Gasteiger partial charge in [-0.1, -0.05) is 12.1 Å². The van der Waals surface area contributed by atoms with Gasteiger partial charge < -0.3 is 15.2 Å². The summed E-state index contributed by atoms with van der Waals surface area (Å²) in [6, 6.07) is 10.5. The Hall–Kier alpha value is -2.07. The Balaban J connectivity index is 2.12. The molecule has 0 unspecified atom stereocenters. The van der Waals surface area contributed by atoms with Gasteiger partial charge >= 0.3 is 0 Å². The van der Waals surface area contributed by atoms with E-state index in [9.17, 15) is 4.39 Å². The molecule has 112 valence electrons. The molecule has 21 heavy (non-hydrogen) atoms. The van der Waals surface area contributed by atoms with Crippen molar-refractivity contribution in [2.24, 2.45) is 5.73 Å². The first-order valence-corrected chi connectivity index (χ1v) is 6.89. The Morgan fingerprint density at radius 2 is 1.90 bits per heavy atom. The smallest absolute Gasteiger partial charge is 0.161 e. The van der Waals surface area contributed by atoms with Gasteiger partial charge in [0, 0.05) is 0 Å². The number of hydrogen-bond donors (Lipinski definition) is 1. The van der Waals surface area contributed by atoms with Crippen LogP contribution in [-0.4, -0.2) is 13.7 Å². The molecule has 0 bridgehead atoms. The molecule has 0 aliphatic heterocycles. The lowest BCUT2D eigenvalue weighted by molar-refractivity contribution is 0.283. The SMILES string of the molecule is COc1cc(CCN)ccc1OCc1ccc(F)cc1C. The number of methoxy groups -OCH3 is 1. The number of hydrogen-bond acceptors (Lipinski definition) is 3. The monoisotopic (exact) mass is 289 g/mol. The molecule has 0 aromatic heterocycles. The maximum Gasteiger partial charge on any atom is 0.161 e. The fourth-order valence-corrected chi connectivity index (χ4v) is 2.13. The summed E-state index contributed by atoms with van der Waals surface area (Å²) in [5.74, 6) is 1.11. The second-order valence-corrected chi connectivity index (χ2v) is 4.88. The molecular weight excluding hydrogens is 269 g/mol. The van der Waals surface area contributed by atoms with E-state index in [4.69, 9.17) is 15.2 Å². The maximum absolute atomic E-state index is 13.1. The Labute approximate surface area is 124 Å². The largest absolute Gasteiger partial charge is 0.493 e. The molecule has 0 fully saturated rings. The van der Waals surface area contributed by atoms with Gasteiger partial charge in [-0.05, 0) is 60.8 Å². The van der Waals surface area contributed by atoms with Gasteiger partial charge in [-0.25, -0.2) is 4.39 Å². The highest BCUT2D eigenvalue weighted by Gasteiger charge is 2.07. The van der Waals surface area contributed by atoms with Gasteiger partial charge in [0.2, 0.25) is 0 Å². The number of benzene rings is 2. The van der Waals surface area contributed by atoms with E-state index in [1.807, 2.05) is 25.1 Å². The van der Waals surface area contributed by atoms with Crippen molar-refractivity contribution in [1.29, 1.82) is 0 Å². The molecule has 0 saturated carbocycles. The molecule has 4 heteroatoms. The molecule has 0 heterocycles. The van der Waals surface area contributed by atoms with Crippen LogP contribution in [0.3, 0.4) is 0 Å². The third kappa shape index (κ3) is 3.95. The molecule has 3 nitrogen and oxygen atoms in total. The number of rotatable bonds is 6. The lowest BCUT2D eigenvalue weighted by atomic mass is 10.1. The molecule has 0 aliphatic carbocycles. The van der Waals surface area contributed by atoms with E-state index in [1.54, 1.807) is 13.2 Å². The molecule has 2 aromatic rings. The molecule has 0 radical (unpaired) electrons. The van der Waals surface area contributed by atoms with Crippen molar-refractivity contribution in [1.82, 2.24) is 0 Å². The fourth-order valence-electron chi connectivity index (χ4n) is 2.13. The quantitative estimate of drug-likeness (QED) is 0.888. The van der Waals surface area contributed by atoms with Crippen LogP contribution in [0.5, 0.6) is 11.5 Å². The first-order chi connectivity index (χ1) is 10.1. The Morgan fingerprint density at radius 3 is 2.57 bits per heavy atom. The standard InChI is InChI=1S/C17H20FNO2/c1-12-9-15(18)5-4-14(12)11-21-16-6-3-13(7-8-19)10-17(16)20-2/h3-6,9-10H,7-8,11,19H2,1-2H3. The summed E-state index contributed by atoms with van der Waals surface area (Å²) in [4.78, 5) is 0. The zero-order chi connectivity index (χ0) is 15.2. The number of aryl methyl sites for hydroxylation is 1. The van der Waals surface area contributed by atoms with Gasteiger partial charge in [0.1, 0.15) is 12.4 Å². The number of ether oxygens (including phenoxy) is 2. The van der Waals surface area contributed by atoms with E-state index in [-0.39, 0.29) is 5.82 Å². The number of halogens is 1. The third-order valence-corrected chi connectivity index (χ3v) is 3.35. The number of nitrogens with two attached hydrogens (primary N) is 1. The minimum Gasteiger partial charge on any atom is -0.493 e. The van der Waals surface area contributed by atoms with Crippen LogP contribution in [0.1, 0.15) is 16.7 Å². The summed E-state index contributed by atoms with van der Waals surface area (Å²) < 4.78 is 24.2. The van der Waals surface area contributed by atoms with Crippen molar-refractivity contribution in [3.63, 3.8) is 0 Å². The van der Waals surface area contributed by atoms with Crippen LogP contribution in [0.4, 0.5) is 4.39 Å². The van der Waals surface area contributed by atoms with E-state index in [1.165, 1.54) is 12.1 Å². The molecule has 0 spiro atoms. The predicted octanol–water partition coefficient (Wildman–Crippen LogP) is 3.22. The van der Waals surface area contributed by atoms with Crippen molar-refractivity contribution in [2.45, 2.75) is 20.0 Å². The van der Waals surface area contributed by atoms with Crippen LogP contribution in [0.25, 0.3) is 0 Å². The highest BCUT2D eigenvalue weighted by atomic mass is 19.1. The van der Waals surface area contributed by atoms with E-state index in [2.05, 4.69) is 0 Å². The summed E-state index contributed by atoms with van der Waals surface area (Å²) in [5.41, 5.74) is 8.48. The van der Waals surface area contributed by atoms with Crippen molar-refractivity contribution >= 4 is 0 Å². The van der Waals surface area contributed by atoms with Crippen molar-refractivity contribution < 1.29 is 13.9 Å². The van der Waals surface area contributed by atoms with Crippen molar-refractivity contribution in [3.05, 3.63) is 58.9 Å². The molecule has 2 N–H and O–H groups in total. The van der Waals surface area contributed by atoms with Crippen molar-refractivity contribution in [2.75, 3.05) is 13.7 Å². The van der Waals surface area contributed by atoms with Crippen LogP contribution in [0.15, 0.2) is 36.4 Å². The van der Waals surface area contributed by atoms with Crippen LogP contribution >= 0.6 is 0 Å². The van der Waals surface area contributed by atoms with Crippen LogP contribution < -0.4 is 15.2 Å². The average molecular weight is 289 g/mol. The summed E-state index contributed by atoms with van der Waals surface area (Å²) in [5, 5.41) is 0. The molecule has 0 saturated heterocycles. The van der Waals surface area contributed by atoms with Gasteiger partial charge in [0.25, 0.3) is 0 Å². The molecule has 2 rings (SSSR count). The minimum absolute atomic E-state index is 0.236. The van der Waals surface area contributed by atoms with E-state index >= 15 is 0 Å². The van der Waals surface area contributed by atoms with E-state index in [0.29, 0.717) is 24.7 Å². The van der Waals surface area contributed by atoms with Gasteiger partial charge in [0.15, 0.2) is 11.5 Å². The van der Waals surface area contributed by atoms with E-state index < -0.39 is 0 Å². The highest BCUT2D eigenvalue weighted by molar-refractivity contribution is 5.43. The first-order valence-electron chi connectivity index (χ1n) is 6.89. The molecular formula is C17H20FNO2. The van der Waals surface area contributed by atoms with Crippen molar-refractivity contribution in [3.8, 4) is 11.5 Å². The molecule has 0 amide bonds. The van der Waals surface area contributed by atoms with Crippen LogP contribution in [0, 0.1) is 12.7 Å². The summed E-state index contributed by atoms with van der Waals surface area (Å²) in [6.07, 6.45) is 0.799. The van der Waals surface area contributed by atoms with E-state index in [0.717, 1.165) is 23.1 Å². The fraction of sp³-hybridized carbons (Fsp3) is 0.294. The lowest BCUT2D eigenvalue weighted by Gasteiger charge is -2.13. The second kappa shape index (κ2) is 7.09. The first kappa shape index (κ1) is 15.3. The van der Waals surface area contributed by atoms with Gasteiger partial charge in [-0.3, -0.25) is 0 Å². The van der Waals surface area contributed by atoms with Gasteiger partial charge in [0.05, 0.1) is 7.11 Å². The predicted molar refractivity (Wildman–Crippen MR) is 81.2 cm³/mol. The Morgan fingerprint density at radius 1 is 1.10 bits per heavy atom. The zero-order valence-electron chi connectivity index (χ0n) is 12.4. The lowest BCUT2D eigenvalue weighted by Crippen LogP contribution is -2.04. The average Bonchev–Trinajstić information content (AvgIpc) is 2.47.